The van der Waals surface area contributed by atoms with E-state index in [-0.39, 0.29) is 41.9 Å². The Morgan fingerprint density at radius 1 is 1.06 bits per heavy atom. The summed E-state index contributed by atoms with van der Waals surface area (Å²) in [5, 5.41) is 6.37. The number of carbonyl (C=O) groups excluding carboxylic acids is 4. The summed E-state index contributed by atoms with van der Waals surface area (Å²) in [5.41, 5.74) is 2.82. The molecule has 0 unspecified atom stereocenters. The molecule has 0 saturated carbocycles. The molecule has 2 rings (SSSR count). The van der Waals surface area contributed by atoms with Crippen molar-refractivity contribution in [2.45, 2.75) is 44.4 Å². The molecule has 33 heavy (non-hydrogen) atoms. The molecule has 0 saturated heterocycles. The lowest BCUT2D eigenvalue weighted by Crippen LogP contribution is -2.30. The van der Waals surface area contributed by atoms with Gasteiger partial charge in [0, 0.05) is 36.5 Å². The molecule has 0 bridgehead atoms. The van der Waals surface area contributed by atoms with Crippen molar-refractivity contribution >= 4 is 45.1 Å². The fourth-order valence-corrected chi connectivity index (χ4v) is 3.80. The van der Waals surface area contributed by atoms with Crippen molar-refractivity contribution in [2.75, 3.05) is 19.0 Å². The van der Waals surface area contributed by atoms with Crippen molar-refractivity contribution in [1.82, 2.24) is 10.3 Å². The highest BCUT2D eigenvalue weighted by atomic mass is 32.2. The molecule has 2 N–H and O–H groups in total. The number of anilines is 1. The van der Waals surface area contributed by atoms with Crippen molar-refractivity contribution in [3.63, 3.8) is 0 Å². The lowest BCUT2D eigenvalue weighted by molar-refractivity contribution is -0.136. The van der Waals surface area contributed by atoms with E-state index < -0.39 is 20.9 Å². The second-order valence-corrected chi connectivity index (χ2v) is 9.03. The quantitative estimate of drug-likeness (QED) is 0.161. The smallest absolute Gasteiger partial charge is 0.297 e. The normalized spacial score (nSPS) is 13.2. The van der Waals surface area contributed by atoms with Crippen molar-refractivity contribution in [1.29, 1.82) is 0 Å². The first-order chi connectivity index (χ1) is 15.5. The summed E-state index contributed by atoms with van der Waals surface area (Å²) in [6, 6.07) is 3.81. The molecule has 0 fully saturated rings. The molecule has 0 radical (unpaired) electrons. The predicted octanol–water partition coefficient (Wildman–Crippen LogP) is 1.57. The van der Waals surface area contributed by atoms with Gasteiger partial charge >= 0.3 is 0 Å². The van der Waals surface area contributed by atoms with Gasteiger partial charge in [0.2, 0.25) is 5.91 Å². The number of nitrogens with zero attached hydrogens (tertiary/aromatic N) is 2. The number of benzene rings is 1. The monoisotopic (exact) mass is 478 g/mol. The van der Waals surface area contributed by atoms with E-state index in [9.17, 15) is 27.6 Å². The van der Waals surface area contributed by atoms with E-state index in [2.05, 4.69) is 20.0 Å². The summed E-state index contributed by atoms with van der Waals surface area (Å²) in [6.07, 6.45) is 4.28. The summed E-state index contributed by atoms with van der Waals surface area (Å²) in [7, 11) is -3.27. The molecule has 1 aromatic rings. The predicted molar refractivity (Wildman–Crippen MR) is 120 cm³/mol. The highest BCUT2D eigenvalue weighted by Crippen LogP contribution is 2.23. The summed E-state index contributed by atoms with van der Waals surface area (Å²) in [5.74, 6) is -1.77. The maximum atomic E-state index is 12.3. The topological polar surface area (TPSA) is 151 Å². The second kappa shape index (κ2) is 11.5. The average Bonchev–Trinajstić information content (AvgIpc) is 3.09. The van der Waals surface area contributed by atoms with Gasteiger partial charge in [-0.25, -0.2) is 5.43 Å². The lowest BCUT2D eigenvalue weighted by Gasteiger charge is -2.13. The molecule has 4 amide bonds. The van der Waals surface area contributed by atoms with Crippen molar-refractivity contribution in [3.8, 4) is 0 Å². The zero-order valence-corrected chi connectivity index (χ0v) is 19.4. The van der Waals surface area contributed by atoms with Gasteiger partial charge in [-0.15, -0.1) is 0 Å². The SMILES string of the molecule is COS(=O)(=O)c1cc(NC(=O)CCCCCN2C(=O)C=CC2=O)ccc1C(=O)NN=C(C)C. The van der Waals surface area contributed by atoms with Crippen LogP contribution in [0.15, 0.2) is 40.3 Å². The minimum absolute atomic E-state index is 0.152. The largest absolute Gasteiger partial charge is 0.326 e. The van der Waals surface area contributed by atoms with Gasteiger partial charge in [0.15, 0.2) is 0 Å². The molecule has 1 heterocycles. The third-order valence-corrected chi connectivity index (χ3v) is 5.88. The van der Waals surface area contributed by atoms with Crippen LogP contribution < -0.4 is 10.7 Å². The molecular formula is C21H26N4O7S. The van der Waals surface area contributed by atoms with Gasteiger partial charge in [0.25, 0.3) is 27.8 Å². The molecule has 0 aliphatic carbocycles. The Hall–Kier alpha value is -3.38. The van der Waals surface area contributed by atoms with Gasteiger partial charge < -0.3 is 5.32 Å². The summed E-state index contributed by atoms with van der Waals surface area (Å²) in [6.45, 7) is 3.61. The van der Waals surface area contributed by atoms with Gasteiger partial charge in [-0.3, -0.25) is 28.3 Å². The number of hydrogen-bond acceptors (Lipinski definition) is 8. The number of nitrogens with one attached hydrogen (secondary N) is 2. The fraction of sp³-hybridized carbons (Fsp3) is 0.381. The number of hydrazone groups is 1. The molecule has 1 aliphatic heterocycles. The number of unbranched alkanes of at least 4 members (excludes halogenated alkanes) is 2. The minimum atomic E-state index is -4.24. The molecular weight excluding hydrogens is 452 g/mol. The van der Waals surface area contributed by atoms with Gasteiger partial charge in [-0.2, -0.15) is 13.5 Å². The van der Waals surface area contributed by atoms with Gasteiger partial charge in [0.1, 0.15) is 4.90 Å². The number of amides is 4. The van der Waals surface area contributed by atoms with E-state index in [0.29, 0.717) is 25.0 Å². The number of rotatable bonds is 11. The van der Waals surface area contributed by atoms with Crippen LogP contribution in [0.1, 0.15) is 49.9 Å². The molecule has 1 aromatic carbocycles. The summed E-state index contributed by atoms with van der Waals surface area (Å²) >= 11 is 0. The Kier molecular flexibility index (Phi) is 9.00. The number of imide groups is 1. The standard InChI is InChI=1S/C21H26N4O7S/c1-14(2)23-24-21(29)16-9-8-15(13-17(16)33(30,31)32-3)22-18(26)7-5-4-6-12-25-19(27)10-11-20(25)28/h8-11,13H,4-7,12H2,1-3H3,(H,22,26)(H,24,29). The first kappa shape index (κ1) is 25.9. The molecule has 11 nitrogen and oxygen atoms in total. The van der Waals surface area contributed by atoms with Crippen LogP contribution >= 0.6 is 0 Å². The van der Waals surface area contributed by atoms with E-state index >= 15 is 0 Å². The first-order valence-electron chi connectivity index (χ1n) is 10.1. The Morgan fingerprint density at radius 2 is 1.73 bits per heavy atom. The summed E-state index contributed by atoms with van der Waals surface area (Å²) in [4.78, 5) is 48.3. The van der Waals surface area contributed by atoms with Crippen LogP contribution in [0.2, 0.25) is 0 Å². The number of carbonyl (C=O) groups is 4. The maximum absolute atomic E-state index is 12.3. The number of hydrogen-bond donors (Lipinski definition) is 2. The Labute approximate surface area is 192 Å². The highest BCUT2D eigenvalue weighted by molar-refractivity contribution is 7.86. The molecule has 1 aliphatic rings. The maximum Gasteiger partial charge on any atom is 0.297 e. The van der Waals surface area contributed by atoms with Crippen LogP contribution in [0, 0.1) is 0 Å². The van der Waals surface area contributed by atoms with Crippen LogP contribution in [0.25, 0.3) is 0 Å². The molecule has 0 atom stereocenters. The van der Waals surface area contributed by atoms with E-state index in [0.717, 1.165) is 18.1 Å². The molecule has 0 spiro atoms. The van der Waals surface area contributed by atoms with E-state index in [1.54, 1.807) is 13.8 Å². The first-order valence-corrected chi connectivity index (χ1v) is 11.6. The van der Waals surface area contributed by atoms with Crippen molar-refractivity contribution < 1.29 is 31.8 Å². The van der Waals surface area contributed by atoms with Gasteiger partial charge in [-0.05, 0) is 44.9 Å². The average molecular weight is 479 g/mol. The molecule has 178 valence electrons. The lowest BCUT2D eigenvalue weighted by atomic mass is 10.1. The van der Waals surface area contributed by atoms with Crippen LogP contribution in [0.5, 0.6) is 0 Å². The van der Waals surface area contributed by atoms with E-state index in [1.165, 1.54) is 24.3 Å². The third-order valence-electron chi connectivity index (χ3n) is 4.57. The van der Waals surface area contributed by atoms with Crippen LogP contribution in [-0.2, 0) is 28.7 Å². The van der Waals surface area contributed by atoms with Gasteiger partial charge in [-0.1, -0.05) is 6.42 Å². The van der Waals surface area contributed by atoms with Crippen LogP contribution in [0.3, 0.4) is 0 Å². The van der Waals surface area contributed by atoms with E-state index in [4.69, 9.17) is 0 Å². The van der Waals surface area contributed by atoms with Crippen LogP contribution in [0.4, 0.5) is 5.69 Å². The Bertz CT molecular complexity index is 1090. The minimum Gasteiger partial charge on any atom is -0.326 e. The zero-order chi connectivity index (χ0) is 24.6. The fourth-order valence-electron chi connectivity index (χ4n) is 2.91. The van der Waals surface area contributed by atoms with Crippen molar-refractivity contribution in [2.24, 2.45) is 5.10 Å². The van der Waals surface area contributed by atoms with Crippen LogP contribution in [-0.4, -0.2) is 56.3 Å². The highest BCUT2D eigenvalue weighted by Gasteiger charge is 2.24. The van der Waals surface area contributed by atoms with Crippen molar-refractivity contribution in [3.05, 3.63) is 35.9 Å². The Morgan fingerprint density at radius 3 is 2.33 bits per heavy atom. The summed E-state index contributed by atoms with van der Waals surface area (Å²) < 4.78 is 29.1. The molecule has 0 aromatic heterocycles. The third kappa shape index (κ3) is 7.32. The Balaban J connectivity index is 1.96. The zero-order valence-electron chi connectivity index (χ0n) is 18.6. The second-order valence-electron chi connectivity index (χ2n) is 7.35. The molecule has 12 heteroatoms. The van der Waals surface area contributed by atoms with E-state index in [1.807, 2.05) is 0 Å². The van der Waals surface area contributed by atoms with Gasteiger partial charge in [0.05, 0.1) is 12.7 Å².